The van der Waals surface area contributed by atoms with Gasteiger partial charge in [-0.15, -0.1) is 0 Å². The van der Waals surface area contributed by atoms with Crippen molar-refractivity contribution >= 4 is 5.96 Å². The molecule has 0 aromatic heterocycles. The molecule has 4 N–H and O–H groups in total. The second-order valence-electron chi connectivity index (χ2n) is 4.57. The van der Waals surface area contributed by atoms with Crippen LogP contribution in [0.25, 0.3) is 0 Å². The van der Waals surface area contributed by atoms with Crippen LogP contribution in [0.3, 0.4) is 0 Å². The molecule has 0 radical (unpaired) electrons. The number of guanidine groups is 1. The smallest absolute Gasteiger partial charge is 0.205 e. The average molecular weight is 226 g/mol. The lowest BCUT2D eigenvalue weighted by Gasteiger charge is -2.21. The third-order valence-electron chi connectivity index (χ3n) is 3.05. The van der Waals surface area contributed by atoms with Gasteiger partial charge in [-0.1, -0.05) is 0 Å². The number of nitrogens with one attached hydrogen (secondary N) is 2. The van der Waals surface area contributed by atoms with E-state index in [1.807, 2.05) is 0 Å². The zero-order valence-electron chi connectivity index (χ0n) is 9.74. The van der Waals surface area contributed by atoms with Crippen molar-refractivity contribution in [2.45, 2.75) is 50.7 Å². The van der Waals surface area contributed by atoms with E-state index < -0.39 is 0 Å². The maximum Gasteiger partial charge on any atom is 0.205 e. The van der Waals surface area contributed by atoms with Gasteiger partial charge in [0.15, 0.2) is 0 Å². The minimum absolute atomic E-state index is 0.400. The molecule has 0 amide bonds. The molecule has 0 aromatic carbocycles. The van der Waals surface area contributed by atoms with Gasteiger partial charge in [-0.05, 0) is 38.5 Å². The van der Waals surface area contributed by atoms with E-state index in [0.29, 0.717) is 12.1 Å². The highest BCUT2D eigenvalue weighted by Gasteiger charge is 2.22. The first-order valence-electron chi connectivity index (χ1n) is 6.27. The van der Waals surface area contributed by atoms with Gasteiger partial charge in [0.1, 0.15) is 0 Å². The van der Waals surface area contributed by atoms with Gasteiger partial charge in [-0.25, -0.2) is 5.84 Å². The van der Waals surface area contributed by atoms with Crippen LogP contribution in [0, 0.1) is 0 Å². The van der Waals surface area contributed by atoms with E-state index in [1.54, 1.807) is 0 Å². The van der Waals surface area contributed by atoms with E-state index in [-0.39, 0.29) is 0 Å². The molecule has 92 valence electrons. The Morgan fingerprint density at radius 3 is 2.81 bits per heavy atom. The molecule has 1 aliphatic carbocycles. The Morgan fingerprint density at radius 1 is 1.31 bits per heavy atom. The lowest BCUT2D eigenvalue weighted by atomic mass is 10.1. The number of aliphatic imine (C=N–C) groups is 1. The highest BCUT2D eigenvalue weighted by Crippen LogP contribution is 2.18. The second-order valence-corrected chi connectivity index (χ2v) is 4.57. The molecule has 1 unspecified atom stereocenters. The maximum absolute atomic E-state index is 5.65. The fourth-order valence-corrected chi connectivity index (χ4v) is 1.91. The van der Waals surface area contributed by atoms with Gasteiger partial charge in [0, 0.05) is 19.2 Å². The highest BCUT2D eigenvalue weighted by atomic mass is 16.5. The molecular formula is C11H22N4O. The molecule has 1 heterocycles. The Hall–Kier alpha value is -0.810. The standard InChI is InChI=1S/C11H22N4O/c12-15-11(14-9-4-5-9)13-7-6-10-3-1-2-8-16-10/h9-10H,1-8,12H2,(H2,13,14,15). The van der Waals surface area contributed by atoms with Crippen molar-refractivity contribution in [3.63, 3.8) is 0 Å². The lowest BCUT2D eigenvalue weighted by Crippen LogP contribution is -2.42. The molecule has 2 aliphatic rings. The Kier molecular flexibility index (Phi) is 4.42. The Labute approximate surface area is 96.8 Å². The van der Waals surface area contributed by atoms with Crippen molar-refractivity contribution in [1.29, 1.82) is 0 Å². The van der Waals surface area contributed by atoms with Gasteiger partial charge in [-0.3, -0.25) is 10.4 Å². The second kappa shape index (κ2) is 6.06. The zero-order chi connectivity index (χ0) is 11.2. The van der Waals surface area contributed by atoms with Gasteiger partial charge < -0.3 is 10.1 Å². The van der Waals surface area contributed by atoms with Crippen molar-refractivity contribution in [2.24, 2.45) is 10.8 Å². The summed E-state index contributed by atoms with van der Waals surface area (Å²) in [7, 11) is 0. The minimum atomic E-state index is 0.400. The van der Waals surface area contributed by atoms with Crippen LogP contribution in [0.15, 0.2) is 4.99 Å². The summed E-state index contributed by atoms with van der Waals surface area (Å²) in [6.07, 6.45) is 7.53. The van der Waals surface area contributed by atoms with Crippen LogP contribution in [0.5, 0.6) is 0 Å². The Morgan fingerprint density at radius 2 is 2.19 bits per heavy atom. The molecular weight excluding hydrogens is 204 g/mol. The first-order chi connectivity index (χ1) is 7.88. The van der Waals surface area contributed by atoms with Crippen molar-refractivity contribution < 1.29 is 4.74 Å². The molecule has 0 bridgehead atoms. The van der Waals surface area contributed by atoms with Gasteiger partial charge in [0.05, 0.1) is 6.10 Å². The summed E-state index contributed by atoms with van der Waals surface area (Å²) in [5.74, 6) is 6.11. The number of hydrogen-bond acceptors (Lipinski definition) is 3. The Bertz CT molecular complexity index is 234. The fraction of sp³-hybridized carbons (Fsp3) is 0.909. The van der Waals surface area contributed by atoms with Crippen LogP contribution in [0.4, 0.5) is 0 Å². The number of nitrogens with two attached hydrogens (primary N) is 1. The summed E-state index contributed by atoms with van der Waals surface area (Å²) in [5, 5.41) is 3.25. The van der Waals surface area contributed by atoms with E-state index in [9.17, 15) is 0 Å². The number of hydrogen-bond donors (Lipinski definition) is 3. The number of ether oxygens (including phenoxy) is 1. The quantitative estimate of drug-likeness (QED) is 0.283. The number of hydrazine groups is 1. The van der Waals surface area contributed by atoms with E-state index >= 15 is 0 Å². The first kappa shape index (κ1) is 11.7. The van der Waals surface area contributed by atoms with Gasteiger partial charge >= 0.3 is 0 Å². The minimum Gasteiger partial charge on any atom is -0.378 e. The zero-order valence-corrected chi connectivity index (χ0v) is 9.74. The van der Waals surface area contributed by atoms with Crippen LogP contribution in [-0.2, 0) is 4.74 Å². The van der Waals surface area contributed by atoms with Crippen LogP contribution >= 0.6 is 0 Å². The predicted molar refractivity (Wildman–Crippen MR) is 64.0 cm³/mol. The molecule has 0 spiro atoms. The molecule has 2 rings (SSSR count). The summed E-state index contributed by atoms with van der Waals surface area (Å²) in [6, 6.07) is 0.584. The molecule has 5 nitrogen and oxygen atoms in total. The largest absolute Gasteiger partial charge is 0.378 e. The van der Waals surface area contributed by atoms with Crippen LogP contribution in [0.1, 0.15) is 38.5 Å². The van der Waals surface area contributed by atoms with Crippen molar-refractivity contribution in [3.8, 4) is 0 Å². The molecule has 1 saturated carbocycles. The van der Waals surface area contributed by atoms with E-state index in [0.717, 1.165) is 25.5 Å². The van der Waals surface area contributed by atoms with Crippen molar-refractivity contribution in [3.05, 3.63) is 0 Å². The third-order valence-corrected chi connectivity index (χ3v) is 3.05. The monoisotopic (exact) mass is 226 g/mol. The number of rotatable bonds is 4. The van der Waals surface area contributed by atoms with E-state index in [2.05, 4.69) is 15.7 Å². The summed E-state index contributed by atoms with van der Waals surface area (Å²) in [5.41, 5.74) is 2.61. The van der Waals surface area contributed by atoms with Crippen molar-refractivity contribution in [2.75, 3.05) is 13.2 Å². The predicted octanol–water partition coefficient (Wildman–Crippen LogP) is 0.517. The van der Waals surface area contributed by atoms with Crippen LogP contribution < -0.4 is 16.6 Å². The average Bonchev–Trinajstić information content (AvgIpc) is 3.13. The summed E-state index contributed by atoms with van der Waals surface area (Å²) in [4.78, 5) is 4.41. The van der Waals surface area contributed by atoms with Crippen LogP contribution in [0.2, 0.25) is 0 Å². The number of nitrogens with zero attached hydrogens (tertiary/aromatic N) is 1. The maximum atomic E-state index is 5.65. The topological polar surface area (TPSA) is 71.7 Å². The Balaban J connectivity index is 1.64. The molecule has 1 aliphatic heterocycles. The SMILES string of the molecule is NNC(=NCCC1CCCCO1)NC1CC1. The first-order valence-corrected chi connectivity index (χ1v) is 6.27. The summed E-state index contributed by atoms with van der Waals surface area (Å²) in [6.45, 7) is 1.70. The highest BCUT2D eigenvalue weighted by molar-refractivity contribution is 5.79. The van der Waals surface area contributed by atoms with Gasteiger partial charge in [-0.2, -0.15) is 0 Å². The van der Waals surface area contributed by atoms with E-state index in [4.69, 9.17) is 10.6 Å². The fourth-order valence-electron chi connectivity index (χ4n) is 1.91. The molecule has 0 aromatic rings. The lowest BCUT2D eigenvalue weighted by molar-refractivity contribution is 0.0129. The molecule has 16 heavy (non-hydrogen) atoms. The molecule has 1 atom stereocenters. The van der Waals surface area contributed by atoms with Gasteiger partial charge in [0.25, 0.3) is 0 Å². The summed E-state index contributed by atoms with van der Waals surface area (Å²) >= 11 is 0. The van der Waals surface area contributed by atoms with E-state index in [1.165, 1.54) is 32.1 Å². The normalized spacial score (nSPS) is 26.6. The molecule has 2 fully saturated rings. The molecule has 5 heteroatoms. The van der Waals surface area contributed by atoms with Gasteiger partial charge in [0.2, 0.25) is 5.96 Å². The summed E-state index contributed by atoms with van der Waals surface area (Å²) < 4.78 is 5.65. The van der Waals surface area contributed by atoms with Crippen molar-refractivity contribution in [1.82, 2.24) is 10.7 Å². The van der Waals surface area contributed by atoms with Crippen LogP contribution in [-0.4, -0.2) is 31.3 Å². The third kappa shape index (κ3) is 3.98. The molecule has 1 saturated heterocycles.